The first-order chi connectivity index (χ1) is 7.61. The van der Waals surface area contributed by atoms with Crippen molar-refractivity contribution in [2.75, 3.05) is 6.54 Å². The Morgan fingerprint density at radius 2 is 1.88 bits per heavy atom. The van der Waals surface area contributed by atoms with Gasteiger partial charge in [0.05, 0.1) is 6.54 Å². The molecule has 0 unspecified atom stereocenters. The van der Waals surface area contributed by atoms with Crippen molar-refractivity contribution in [2.45, 2.75) is 32.4 Å². The van der Waals surface area contributed by atoms with Gasteiger partial charge in [-0.2, -0.15) is 0 Å². The average Bonchev–Trinajstić information content (AvgIpc) is 2.08. The molecule has 0 saturated carbocycles. The van der Waals surface area contributed by atoms with Crippen LogP contribution in [0.15, 0.2) is 0 Å². The summed E-state index contributed by atoms with van der Waals surface area (Å²) in [6.07, 6.45) is -0.879. The van der Waals surface area contributed by atoms with E-state index in [1.165, 1.54) is 0 Å². The van der Waals surface area contributed by atoms with Crippen LogP contribution >= 0.6 is 0 Å². The first kappa shape index (κ1) is 15.0. The fourth-order valence-electron chi connectivity index (χ4n) is 0.853. The second-order valence-electron chi connectivity index (χ2n) is 4.28. The number of primary amides is 1. The third-order valence-electron chi connectivity index (χ3n) is 1.47. The number of ether oxygens (including phenoxy) is 1. The molecule has 0 rings (SSSR count). The number of aliphatic carboxylic acids is 1. The molecule has 0 radical (unpaired) electrons. The fraction of sp³-hybridized carbons (Fsp3) is 0.667. The zero-order valence-corrected chi connectivity index (χ0v) is 9.94. The number of hydrogen-bond donors (Lipinski definition) is 4. The molecule has 5 N–H and O–H groups in total. The second kappa shape index (κ2) is 5.92. The van der Waals surface area contributed by atoms with E-state index in [1.807, 2.05) is 0 Å². The minimum absolute atomic E-state index is 0.316. The van der Waals surface area contributed by atoms with E-state index in [0.29, 0.717) is 0 Å². The molecule has 1 atom stereocenters. The van der Waals surface area contributed by atoms with Crippen molar-refractivity contribution in [1.82, 2.24) is 10.6 Å². The number of hydrogen-bond acceptors (Lipinski definition) is 4. The number of urea groups is 1. The number of carbonyl (C=O) groups is 3. The van der Waals surface area contributed by atoms with E-state index in [9.17, 15) is 14.4 Å². The Labute approximate surface area is 98.5 Å². The standard InChI is InChI=1S/C9H17N3O5/c1-9(2,3)17-8(16)12-5(6(13)14)4-11-7(10)15/h5H,4H2,1-3H3,(H,12,16)(H,13,14)(H3,10,11,15)/t5-/m1/s1. The monoisotopic (exact) mass is 247 g/mol. The van der Waals surface area contributed by atoms with Crippen LogP contribution in [0.25, 0.3) is 0 Å². The topological polar surface area (TPSA) is 131 Å². The lowest BCUT2D eigenvalue weighted by molar-refractivity contribution is -0.139. The van der Waals surface area contributed by atoms with Crippen LogP contribution in [-0.4, -0.2) is 41.4 Å². The lowest BCUT2D eigenvalue weighted by Gasteiger charge is -2.21. The van der Waals surface area contributed by atoms with Gasteiger partial charge in [-0.05, 0) is 20.8 Å². The smallest absolute Gasteiger partial charge is 0.408 e. The van der Waals surface area contributed by atoms with Crippen molar-refractivity contribution in [1.29, 1.82) is 0 Å². The highest BCUT2D eigenvalue weighted by Gasteiger charge is 2.23. The summed E-state index contributed by atoms with van der Waals surface area (Å²) in [6.45, 7) is 4.61. The van der Waals surface area contributed by atoms with E-state index in [1.54, 1.807) is 20.8 Å². The molecule has 0 aromatic rings. The van der Waals surface area contributed by atoms with E-state index < -0.39 is 29.7 Å². The van der Waals surface area contributed by atoms with Gasteiger partial charge < -0.3 is 26.2 Å². The zero-order valence-electron chi connectivity index (χ0n) is 9.94. The Balaban J connectivity index is 4.30. The summed E-state index contributed by atoms with van der Waals surface area (Å²) in [7, 11) is 0. The maximum atomic E-state index is 11.3. The normalized spacial score (nSPS) is 12.4. The minimum Gasteiger partial charge on any atom is -0.480 e. The number of rotatable bonds is 4. The minimum atomic E-state index is -1.30. The number of carboxylic acids is 1. The molecule has 0 aliphatic rings. The fourth-order valence-corrected chi connectivity index (χ4v) is 0.853. The molecule has 0 bridgehead atoms. The molecule has 8 nitrogen and oxygen atoms in total. The van der Waals surface area contributed by atoms with Crippen LogP contribution in [0.3, 0.4) is 0 Å². The molecule has 0 aliphatic carbocycles. The second-order valence-corrected chi connectivity index (χ2v) is 4.28. The molecular formula is C9H17N3O5. The SMILES string of the molecule is CC(C)(C)OC(=O)N[C@H](CNC(N)=O)C(=O)O. The molecule has 0 aromatic carbocycles. The summed E-state index contributed by atoms with van der Waals surface area (Å²) in [5.41, 5.74) is 4.05. The van der Waals surface area contributed by atoms with Gasteiger partial charge in [-0.1, -0.05) is 0 Å². The largest absolute Gasteiger partial charge is 0.480 e. The van der Waals surface area contributed by atoms with Gasteiger partial charge in [0.2, 0.25) is 0 Å². The molecule has 0 spiro atoms. The predicted octanol–water partition coefficient (Wildman–Crippen LogP) is -0.367. The lowest BCUT2D eigenvalue weighted by Crippen LogP contribution is -2.50. The van der Waals surface area contributed by atoms with Gasteiger partial charge in [-0.15, -0.1) is 0 Å². The van der Waals surface area contributed by atoms with Crippen molar-refractivity contribution in [2.24, 2.45) is 5.73 Å². The van der Waals surface area contributed by atoms with Crippen LogP contribution in [0, 0.1) is 0 Å². The Kier molecular flexibility index (Phi) is 5.23. The Bertz CT molecular complexity index is 310. The molecule has 0 aliphatic heterocycles. The Hall–Kier alpha value is -1.99. The first-order valence-electron chi connectivity index (χ1n) is 4.87. The van der Waals surface area contributed by atoms with E-state index in [2.05, 4.69) is 10.6 Å². The lowest BCUT2D eigenvalue weighted by atomic mass is 10.2. The molecular weight excluding hydrogens is 230 g/mol. The number of amides is 3. The summed E-state index contributed by atoms with van der Waals surface area (Å²) in [4.78, 5) is 32.4. The third-order valence-corrected chi connectivity index (χ3v) is 1.47. The van der Waals surface area contributed by atoms with Gasteiger partial charge in [-0.25, -0.2) is 14.4 Å². The van der Waals surface area contributed by atoms with Crippen LogP contribution in [-0.2, 0) is 9.53 Å². The van der Waals surface area contributed by atoms with E-state index >= 15 is 0 Å². The molecule has 98 valence electrons. The highest BCUT2D eigenvalue weighted by molar-refractivity contribution is 5.81. The summed E-state index contributed by atoms with van der Waals surface area (Å²) in [5, 5.41) is 13.0. The molecule has 0 heterocycles. The molecule has 0 aromatic heterocycles. The summed E-state index contributed by atoms with van der Waals surface area (Å²) >= 11 is 0. The molecule has 17 heavy (non-hydrogen) atoms. The predicted molar refractivity (Wildman–Crippen MR) is 58.4 cm³/mol. The van der Waals surface area contributed by atoms with Crippen molar-refractivity contribution < 1.29 is 24.2 Å². The Morgan fingerprint density at radius 3 is 2.24 bits per heavy atom. The van der Waals surface area contributed by atoms with Crippen molar-refractivity contribution in [3.8, 4) is 0 Å². The highest BCUT2D eigenvalue weighted by atomic mass is 16.6. The van der Waals surface area contributed by atoms with Crippen molar-refractivity contribution >= 4 is 18.1 Å². The van der Waals surface area contributed by atoms with Gasteiger partial charge in [0, 0.05) is 0 Å². The molecule has 8 heteroatoms. The Morgan fingerprint density at radius 1 is 1.35 bits per heavy atom. The average molecular weight is 247 g/mol. The molecule has 0 saturated heterocycles. The van der Waals surface area contributed by atoms with Crippen molar-refractivity contribution in [3.63, 3.8) is 0 Å². The van der Waals surface area contributed by atoms with Gasteiger partial charge in [0.25, 0.3) is 0 Å². The highest BCUT2D eigenvalue weighted by Crippen LogP contribution is 2.06. The summed E-state index contributed by atoms with van der Waals surface area (Å²) in [6, 6.07) is -2.17. The van der Waals surface area contributed by atoms with E-state index in [-0.39, 0.29) is 6.54 Å². The van der Waals surface area contributed by atoms with Gasteiger partial charge in [0.15, 0.2) is 0 Å². The van der Waals surface area contributed by atoms with Crippen molar-refractivity contribution in [3.05, 3.63) is 0 Å². The van der Waals surface area contributed by atoms with Crippen LogP contribution < -0.4 is 16.4 Å². The van der Waals surface area contributed by atoms with Gasteiger partial charge in [0.1, 0.15) is 11.6 Å². The van der Waals surface area contributed by atoms with Crippen LogP contribution in [0.1, 0.15) is 20.8 Å². The van der Waals surface area contributed by atoms with Crippen LogP contribution in [0.2, 0.25) is 0 Å². The van der Waals surface area contributed by atoms with Gasteiger partial charge in [-0.3, -0.25) is 0 Å². The van der Waals surface area contributed by atoms with Crippen LogP contribution in [0.4, 0.5) is 9.59 Å². The quantitative estimate of drug-likeness (QED) is 0.538. The number of carbonyl (C=O) groups excluding carboxylic acids is 2. The molecule has 0 fully saturated rings. The van der Waals surface area contributed by atoms with Crippen LogP contribution in [0.5, 0.6) is 0 Å². The molecule has 3 amide bonds. The summed E-state index contributed by atoms with van der Waals surface area (Å²) < 4.78 is 4.87. The van der Waals surface area contributed by atoms with E-state index in [4.69, 9.17) is 15.6 Å². The van der Waals surface area contributed by atoms with E-state index in [0.717, 1.165) is 0 Å². The number of carboxylic acid groups (broad SMARTS) is 1. The number of nitrogens with two attached hydrogens (primary N) is 1. The van der Waals surface area contributed by atoms with Gasteiger partial charge >= 0.3 is 18.1 Å². The number of alkyl carbamates (subject to hydrolysis) is 1. The first-order valence-corrected chi connectivity index (χ1v) is 4.87. The zero-order chi connectivity index (χ0) is 13.6. The third kappa shape index (κ3) is 7.88. The summed E-state index contributed by atoms with van der Waals surface area (Å²) in [5.74, 6) is -1.30. The number of nitrogens with one attached hydrogen (secondary N) is 2. The maximum Gasteiger partial charge on any atom is 0.408 e. The maximum absolute atomic E-state index is 11.3.